The molecule has 0 N–H and O–H groups in total. The Hall–Kier alpha value is -2.79. The van der Waals surface area contributed by atoms with E-state index in [0.717, 1.165) is 48.9 Å². The fourth-order valence-electron chi connectivity index (χ4n) is 3.53. The number of methoxy groups -OCH3 is 1. The Balaban J connectivity index is 1.43. The van der Waals surface area contributed by atoms with E-state index in [1.807, 2.05) is 30.6 Å². The van der Waals surface area contributed by atoms with Crippen molar-refractivity contribution in [2.24, 2.45) is 0 Å². The van der Waals surface area contributed by atoms with Crippen molar-refractivity contribution in [1.29, 1.82) is 0 Å². The summed E-state index contributed by atoms with van der Waals surface area (Å²) < 4.78 is 5.30. The van der Waals surface area contributed by atoms with E-state index in [1.54, 1.807) is 7.11 Å². The number of fused-ring (bicyclic) bond motifs is 1. The maximum absolute atomic E-state index is 5.30. The lowest BCUT2D eigenvalue weighted by Gasteiger charge is -2.28. The molecule has 1 aliphatic rings. The largest absolute Gasteiger partial charge is 0.497 e. The van der Waals surface area contributed by atoms with Crippen LogP contribution in [0.1, 0.15) is 42.4 Å². The Morgan fingerprint density at radius 1 is 1.11 bits per heavy atom. The van der Waals surface area contributed by atoms with Crippen molar-refractivity contribution in [2.75, 3.05) is 13.7 Å². The van der Waals surface area contributed by atoms with Gasteiger partial charge in [-0.15, -0.1) is 0 Å². The molecule has 0 unspecified atom stereocenters. The van der Waals surface area contributed by atoms with E-state index >= 15 is 0 Å². The molecule has 3 aromatic rings. The predicted octanol–water partition coefficient (Wildman–Crippen LogP) is 4.23. The van der Waals surface area contributed by atoms with E-state index in [9.17, 15) is 0 Å². The highest BCUT2D eigenvalue weighted by Crippen LogP contribution is 2.24. The number of rotatable bonds is 5. The van der Waals surface area contributed by atoms with Crippen molar-refractivity contribution in [3.63, 3.8) is 0 Å². The number of pyridine rings is 1. The van der Waals surface area contributed by atoms with Crippen molar-refractivity contribution in [3.05, 3.63) is 71.4 Å². The number of hydrogen-bond acceptors (Lipinski definition) is 5. The van der Waals surface area contributed by atoms with Gasteiger partial charge in [0.2, 0.25) is 0 Å². The summed E-state index contributed by atoms with van der Waals surface area (Å²) >= 11 is 0. The van der Waals surface area contributed by atoms with Gasteiger partial charge in [0.15, 0.2) is 0 Å². The second-order valence-electron chi connectivity index (χ2n) is 7.60. The van der Waals surface area contributed by atoms with Gasteiger partial charge in [-0.25, -0.2) is 9.97 Å². The summed E-state index contributed by atoms with van der Waals surface area (Å²) in [5, 5.41) is 0. The Morgan fingerprint density at radius 2 is 2.00 bits per heavy atom. The van der Waals surface area contributed by atoms with E-state index in [2.05, 4.69) is 46.9 Å². The fraction of sp³-hybridized carbons (Fsp3) is 0.348. The molecule has 0 fully saturated rings. The van der Waals surface area contributed by atoms with Crippen LogP contribution in [0, 0.1) is 0 Å². The van der Waals surface area contributed by atoms with Gasteiger partial charge in [-0.3, -0.25) is 9.88 Å². The van der Waals surface area contributed by atoms with Gasteiger partial charge in [0.1, 0.15) is 11.6 Å². The van der Waals surface area contributed by atoms with E-state index in [1.165, 1.54) is 16.8 Å². The van der Waals surface area contributed by atoms with Crippen LogP contribution in [0.3, 0.4) is 0 Å². The van der Waals surface area contributed by atoms with Crippen LogP contribution in [0.25, 0.3) is 11.3 Å². The minimum Gasteiger partial charge on any atom is -0.497 e. The zero-order valence-electron chi connectivity index (χ0n) is 16.7. The molecule has 1 aromatic carbocycles. The van der Waals surface area contributed by atoms with Crippen LogP contribution in [0.2, 0.25) is 0 Å². The van der Waals surface area contributed by atoms with Gasteiger partial charge in [-0.1, -0.05) is 32.0 Å². The Morgan fingerprint density at radius 3 is 2.75 bits per heavy atom. The van der Waals surface area contributed by atoms with Crippen LogP contribution >= 0.6 is 0 Å². The van der Waals surface area contributed by atoms with E-state index in [4.69, 9.17) is 9.72 Å². The smallest absolute Gasteiger partial charge is 0.131 e. The molecule has 5 nitrogen and oxygen atoms in total. The van der Waals surface area contributed by atoms with Crippen molar-refractivity contribution in [2.45, 2.75) is 39.3 Å². The third-order valence-electron chi connectivity index (χ3n) is 5.14. The highest BCUT2D eigenvalue weighted by Gasteiger charge is 2.19. The zero-order chi connectivity index (χ0) is 19.5. The van der Waals surface area contributed by atoms with Crippen LogP contribution < -0.4 is 4.74 Å². The summed E-state index contributed by atoms with van der Waals surface area (Å²) in [6.07, 6.45) is 4.96. The fourth-order valence-corrected chi connectivity index (χ4v) is 3.53. The average Bonchev–Trinajstić information content (AvgIpc) is 2.74. The van der Waals surface area contributed by atoms with Crippen LogP contribution in [0.15, 0.2) is 48.8 Å². The molecule has 5 heteroatoms. The lowest BCUT2D eigenvalue weighted by Crippen LogP contribution is -2.31. The molecule has 0 saturated heterocycles. The number of ether oxygens (including phenoxy) is 1. The first-order valence-electron chi connectivity index (χ1n) is 9.79. The molecule has 3 heterocycles. The Kier molecular flexibility index (Phi) is 5.35. The van der Waals surface area contributed by atoms with E-state index < -0.39 is 0 Å². The van der Waals surface area contributed by atoms with E-state index in [-0.39, 0.29) is 0 Å². The summed E-state index contributed by atoms with van der Waals surface area (Å²) in [5.41, 5.74) is 5.70. The molecule has 0 spiro atoms. The number of hydrogen-bond donors (Lipinski definition) is 0. The van der Waals surface area contributed by atoms with Gasteiger partial charge >= 0.3 is 0 Å². The van der Waals surface area contributed by atoms with Crippen molar-refractivity contribution >= 4 is 0 Å². The molecule has 28 heavy (non-hydrogen) atoms. The summed E-state index contributed by atoms with van der Waals surface area (Å²) in [4.78, 5) is 16.4. The molecule has 4 rings (SSSR count). The highest BCUT2D eigenvalue weighted by molar-refractivity contribution is 5.61. The van der Waals surface area contributed by atoms with Crippen molar-refractivity contribution < 1.29 is 4.74 Å². The lowest BCUT2D eigenvalue weighted by molar-refractivity contribution is 0.242. The third-order valence-corrected chi connectivity index (χ3v) is 5.14. The first kappa shape index (κ1) is 18.6. The van der Waals surface area contributed by atoms with Gasteiger partial charge in [-0.05, 0) is 23.8 Å². The lowest BCUT2D eigenvalue weighted by atomic mass is 10.1. The van der Waals surface area contributed by atoms with Gasteiger partial charge in [0, 0.05) is 61.2 Å². The van der Waals surface area contributed by atoms with Gasteiger partial charge in [0.25, 0.3) is 0 Å². The maximum atomic E-state index is 5.30. The monoisotopic (exact) mass is 374 g/mol. The first-order valence-corrected chi connectivity index (χ1v) is 9.79. The van der Waals surface area contributed by atoms with Crippen molar-refractivity contribution in [1.82, 2.24) is 19.9 Å². The Bertz CT molecular complexity index is 953. The quantitative estimate of drug-likeness (QED) is 0.669. The summed E-state index contributed by atoms with van der Waals surface area (Å²) in [7, 11) is 1.68. The van der Waals surface area contributed by atoms with Crippen LogP contribution in [-0.4, -0.2) is 33.5 Å². The normalized spacial score (nSPS) is 14.1. The predicted molar refractivity (Wildman–Crippen MR) is 110 cm³/mol. The summed E-state index contributed by atoms with van der Waals surface area (Å²) in [5.74, 6) is 2.17. The first-order chi connectivity index (χ1) is 13.6. The van der Waals surface area contributed by atoms with E-state index in [0.29, 0.717) is 5.92 Å². The molecule has 0 atom stereocenters. The van der Waals surface area contributed by atoms with Crippen LogP contribution in [-0.2, 0) is 19.5 Å². The third kappa shape index (κ3) is 4.04. The molecule has 1 aliphatic heterocycles. The van der Waals surface area contributed by atoms with Crippen molar-refractivity contribution in [3.8, 4) is 17.0 Å². The molecule has 144 valence electrons. The number of benzene rings is 1. The summed E-state index contributed by atoms with van der Waals surface area (Å²) in [6.45, 7) is 7.07. The SMILES string of the molecule is COc1cccc(-c2ccc(CN3CCc4nc(C(C)C)ncc4C3)cn2)c1. The van der Waals surface area contributed by atoms with Gasteiger partial charge in [0.05, 0.1) is 12.8 Å². The zero-order valence-corrected chi connectivity index (χ0v) is 16.7. The minimum atomic E-state index is 0.373. The topological polar surface area (TPSA) is 51.1 Å². The molecular formula is C23H26N4O. The van der Waals surface area contributed by atoms with Gasteiger partial charge < -0.3 is 4.74 Å². The molecule has 0 saturated carbocycles. The second-order valence-corrected chi connectivity index (χ2v) is 7.60. The second kappa shape index (κ2) is 8.07. The molecule has 0 bridgehead atoms. The Labute approximate surface area is 166 Å². The number of aromatic nitrogens is 3. The maximum Gasteiger partial charge on any atom is 0.131 e. The molecule has 0 amide bonds. The van der Waals surface area contributed by atoms with Crippen LogP contribution in [0.4, 0.5) is 0 Å². The van der Waals surface area contributed by atoms with Gasteiger partial charge in [-0.2, -0.15) is 0 Å². The average molecular weight is 374 g/mol. The number of nitrogens with zero attached hydrogens (tertiary/aromatic N) is 4. The minimum absolute atomic E-state index is 0.373. The molecule has 0 aliphatic carbocycles. The molecular weight excluding hydrogens is 348 g/mol. The standard InChI is InChI=1S/C23H26N4O/c1-16(2)23-25-13-19-15-27(10-9-22(19)26-23)14-17-7-8-21(24-12-17)18-5-4-6-20(11-18)28-3/h4-8,11-13,16H,9-10,14-15H2,1-3H3. The van der Waals surface area contributed by atoms with Crippen LogP contribution in [0.5, 0.6) is 5.75 Å². The molecule has 0 radical (unpaired) electrons. The molecule has 2 aromatic heterocycles. The highest BCUT2D eigenvalue weighted by atomic mass is 16.5. The summed E-state index contributed by atoms with van der Waals surface area (Å²) in [6, 6.07) is 12.2.